The maximum Gasteiger partial charge on any atom is 0.345 e. The molecule has 0 amide bonds. The molecule has 1 atom stereocenters. The van der Waals surface area contributed by atoms with E-state index in [0.29, 0.717) is 19.0 Å². The van der Waals surface area contributed by atoms with Gasteiger partial charge in [0.05, 0.1) is 12.2 Å². The quantitative estimate of drug-likeness (QED) is 0.797. The zero-order valence-corrected chi connectivity index (χ0v) is 16.4. The van der Waals surface area contributed by atoms with Gasteiger partial charge in [-0.15, -0.1) is 0 Å². The van der Waals surface area contributed by atoms with Crippen molar-refractivity contribution in [2.75, 3.05) is 33.7 Å². The third-order valence-electron chi connectivity index (χ3n) is 5.04. The standard InChI is InChI=1S/C18H31N7O/c1-5-24-17(21-25(18(24)26)10-9-22(3)4)15-7-6-8-23(12-15)13-16-11-14(2)19-20-16/h11,15H,5-10,12-13H2,1-4H3,(H,19,20)/t15-/m1/s1. The van der Waals surface area contributed by atoms with E-state index in [-0.39, 0.29) is 5.69 Å². The predicted molar refractivity (Wildman–Crippen MR) is 101 cm³/mol. The number of H-pyrrole nitrogens is 1. The first-order chi connectivity index (χ1) is 12.5. The molecule has 144 valence electrons. The van der Waals surface area contributed by atoms with Crippen LogP contribution in [-0.4, -0.2) is 68.1 Å². The van der Waals surface area contributed by atoms with E-state index < -0.39 is 0 Å². The minimum Gasteiger partial charge on any atom is -0.308 e. The Morgan fingerprint density at radius 3 is 2.85 bits per heavy atom. The molecular formula is C18H31N7O. The zero-order valence-electron chi connectivity index (χ0n) is 16.4. The fourth-order valence-corrected chi connectivity index (χ4v) is 3.69. The number of nitrogens with zero attached hydrogens (tertiary/aromatic N) is 6. The van der Waals surface area contributed by atoms with Crippen LogP contribution >= 0.6 is 0 Å². The van der Waals surface area contributed by atoms with Gasteiger partial charge in [-0.1, -0.05) is 0 Å². The van der Waals surface area contributed by atoms with Crippen molar-refractivity contribution in [3.63, 3.8) is 0 Å². The normalized spacial score (nSPS) is 18.7. The second-order valence-corrected chi connectivity index (χ2v) is 7.53. The van der Waals surface area contributed by atoms with E-state index in [0.717, 1.165) is 56.2 Å². The highest BCUT2D eigenvalue weighted by Crippen LogP contribution is 2.26. The molecule has 8 nitrogen and oxygen atoms in total. The lowest BCUT2D eigenvalue weighted by Gasteiger charge is -2.31. The molecule has 0 bridgehead atoms. The smallest absolute Gasteiger partial charge is 0.308 e. The van der Waals surface area contributed by atoms with Gasteiger partial charge < -0.3 is 4.90 Å². The number of likely N-dealkylation sites (N-methyl/N-ethyl adjacent to an activating group) is 1. The van der Waals surface area contributed by atoms with Crippen LogP contribution in [-0.2, 0) is 19.6 Å². The fraction of sp³-hybridized carbons (Fsp3) is 0.722. The summed E-state index contributed by atoms with van der Waals surface area (Å²) in [5.41, 5.74) is 2.19. The summed E-state index contributed by atoms with van der Waals surface area (Å²) in [6.45, 7) is 9.01. The van der Waals surface area contributed by atoms with Gasteiger partial charge in [0.15, 0.2) is 0 Å². The molecule has 0 aliphatic carbocycles. The monoisotopic (exact) mass is 361 g/mol. The van der Waals surface area contributed by atoms with Crippen LogP contribution in [0.15, 0.2) is 10.9 Å². The lowest BCUT2D eigenvalue weighted by atomic mass is 9.97. The van der Waals surface area contributed by atoms with Gasteiger partial charge in [-0.25, -0.2) is 9.48 Å². The van der Waals surface area contributed by atoms with Gasteiger partial charge in [0.1, 0.15) is 5.82 Å². The third-order valence-corrected chi connectivity index (χ3v) is 5.04. The molecule has 2 aromatic rings. The Labute approximate surface area is 154 Å². The number of aromatic nitrogens is 5. The van der Waals surface area contributed by atoms with Crippen molar-refractivity contribution in [3.8, 4) is 0 Å². The molecule has 0 saturated carbocycles. The molecule has 1 saturated heterocycles. The van der Waals surface area contributed by atoms with Crippen LogP contribution in [0.4, 0.5) is 0 Å². The number of piperidine rings is 1. The van der Waals surface area contributed by atoms with Crippen LogP contribution in [0.2, 0.25) is 0 Å². The van der Waals surface area contributed by atoms with Crippen LogP contribution in [0.25, 0.3) is 0 Å². The van der Waals surface area contributed by atoms with Gasteiger partial charge in [-0.3, -0.25) is 14.6 Å². The Bertz CT molecular complexity index is 773. The van der Waals surface area contributed by atoms with Crippen molar-refractivity contribution in [2.45, 2.75) is 52.2 Å². The van der Waals surface area contributed by atoms with Gasteiger partial charge >= 0.3 is 5.69 Å². The van der Waals surface area contributed by atoms with Gasteiger partial charge in [0.2, 0.25) is 0 Å². The highest BCUT2D eigenvalue weighted by Gasteiger charge is 2.27. The second kappa shape index (κ2) is 8.18. The van der Waals surface area contributed by atoms with E-state index in [1.807, 2.05) is 32.5 Å². The maximum absolute atomic E-state index is 12.7. The molecule has 1 aliphatic heterocycles. The summed E-state index contributed by atoms with van der Waals surface area (Å²) in [5, 5.41) is 12.1. The first kappa shape index (κ1) is 18.8. The first-order valence-corrected chi connectivity index (χ1v) is 9.53. The number of likely N-dealkylation sites (tertiary alicyclic amines) is 1. The van der Waals surface area contributed by atoms with Crippen LogP contribution in [0.3, 0.4) is 0 Å². The average Bonchev–Trinajstić information content (AvgIpc) is 3.16. The number of hydrogen-bond donors (Lipinski definition) is 1. The molecule has 1 fully saturated rings. The Balaban J connectivity index is 1.74. The molecule has 0 radical (unpaired) electrons. The van der Waals surface area contributed by atoms with Crippen molar-refractivity contribution >= 4 is 0 Å². The van der Waals surface area contributed by atoms with Crippen molar-refractivity contribution in [3.05, 3.63) is 33.8 Å². The molecule has 3 heterocycles. The second-order valence-electron chi connectivity index (χ2n) is 7.53. The van der Waals surface area contributed by atoms with Crippen LogP contribution < -0.4 is 5.69 Å². The minimum atomic E-state index is 0.0180. The van der Waals surface area contributed by atoms with Crippen molar-refractivity contribution in [1.29, 1.82) is 0 Å². The van der Waals surface area contributed by atoms with Gasteiger partial charge in [0.25, 0.3) is 0 Å². The van der Waals surface area contributed by atoms with E-state index >= 15 is 0 Å². The van der Waals surface area contributed by atoms with E-state index in [1.54, 1.807) is 4.68 Å². The van der Waals surface area contributed by atoms with Crippen LogP contribution in [0.5, 0.6) is 0 Å². The number of aryl methyl sites for hydroxylation is 1. The highest BCUT2D eigenvalue weighted by atomic mass is 16.2. The molecule has 3 rings (SSSR count). The molecular weight excluding hydrogens is 330 g/mol. The Kier molecular flexibility index (Phi) is 5.93. The summed E-state index contributed by atoms with van der Waals surface area (Å²) >= 11 is 0. The van der Waals surface area contributed by atoms with Crippen molar-refractivity contribution in [2.24, 2.45) is 0 Å². The molecule has 1 aliphatic rings. The van der Waals surface area contributed by atoms with Crippen molar-refractivity contribution in [1.82, 2.24) is 34.3 Å². The summed E-state index contributed by atoms with van der Waals surface area (Å²) < 4.78 is 3.48. The summed E-state index contributed by atoms with van der Waals surface area (Å²) in [5.74, 6) is 1.25. The molecule has 0 unspecified atom stereocenters. The summed E-state index contributed by atoms with van der Waals surface area (Å²) in [6, 6.07) is 2.10. The maximum atomic E-state index is 12.7. The average molecular weight is 361 g/mol. The lowest BCUT2D eigenvalue weighted by Crippen LogP contribution is -2.35. The Hall–Kier alpha value is -1.93. The van der Waals surface area contributed by atoms with Crippen molar-refractivity contribution < 1.29 is 0 Å². The molecule has 8 heteroatoms. The van der Waals surface area contributed by atoms with Crippen LogP contribution in [0.1, 0.15) is 42.9 Å². The zero-order chi connectivity index (χ0) is 18.7. The number of hydrogen-bond acceptors (Lipinski definition) is 5. The topological polar surface area (TPSA) is 75.0 Å². The number of nitrogens with one attached hydrogen (secondary N) is 1. The fourth-order valence-electron chi connectivity index (χ4n) is 3.69. The molecule has 1 N–H and O–H groups in total. The van der Waals surface area contributed by atoms with E-state index in [4.69, 9.17) is 5.10 Å². The predicted octanol–water partition coefficient (Wildman–Crippen LogP) is 1.04. The van der Waals surface area contributed by atoms with E-state index in [9.17, 15) is 4.79 Å². The van der Waals surface area contributed by atoms with Gasteiger partial charge in [-0.2, -0.15) is 10.2 Å². The lowest BCUT2D eigenvalue weighted by molar-refractivity contribution is 0.192. The summed E-state index contributed by atoms with van der Waals surface area (Å²) in [4.78, 5) is 17.2. The highest BCUT2D eigenvalue weighted by molar-refractivity contribution is 5.07. The molecule has 26 heavy (non-hydrogen) atoms. The van der Waals surface area contributed by atoms with E-state index in [1.165, 1.54) is 0 Å². The van der Waals surface area contributed by atoms with Crippen LogP contribution in [0, 0.1) is 6.92 Å². The Morgan fingerprint density at radius 1 is 1.38 bits per heavy atom. The van der Waals surface area contributed by atoms with Gasteiger partial charge in [0, 0.05) is 37.8 Å². The van der Waals surface area contributed by atoms with E-state index in [2.05, 4.69) is 26.1 Å². The third kappa shape index (κ3) is 4.24. The first-order valence-electron chi connectivity index (χ1n) is 9.53. The Morgan fingerprint density at radius 2 is 2.19 bits per heavy atom. The molecule has 0 aromatic carbocycles. The molecule has 0 spiro atoms. The minimum absolute atomic E-state index is 0.0180. The summed E-state index contributed by atoms with van der Waals surface area (Å²) in [6.07, 6.45) is 2.21. The number of aromatic amines is 1. The largest absolute Gasteiger partial charge is 0.345 e. The number of rotatable bonds is 7. The SMILES string of the molecule is CCn1c([C@@H]2CCCN(Cc3cc(C)[nH]n3)C2)nn(CCN(C)C)c1=O. The van der Waals surface area contributed by atoms with Gasteiger partial charge in [-0.05, 0) is 53.4 Å². The summed E-state index contributed by atoms with van der Waals surface area (Å²) in [7, 11) is 4.02. The molecule has 2 aromatic heterocycles.